The maximum absolute atomic E-state index is 5.69. The molecule has 1 N–H and O–H groups in total. The molecule has 0 amide bonds. The maximum atomic E-state index is 5.69. The number of benzene rings is 1. The molecular formula is C13H20BrNO. The standard InChI is InChI=1S/C13H20BrNO/c1-4-5-15-6-7-16-12-8-10(2)13(14)11(3)9-12/h8-9,15H,4-7H2,1-3H3. The van der Waals surface area contributed by atoms with Gasteiger partial charge in [0.15, 0.2) is 0 Å². The molecular weight excluding hydrogens is 266 g/mol. The number of ether oxygens (including phenoxy) is 1. The van der Waals surface area contributed by atoms with E-state index in [2.05, 4.69) is 54.2 Å². The second kappa shape index (κ2) is 6.92. The van der Waals surface area contributed by atoms with E-state index < -0.39 is 0 Å². The SMILES string of the molecule is CCCNCCOc1cc(C)c(Br)c(C)c1. The molecule has 0 aromatic heterocycles. The molecule has 0 atom stereocenters. The summed E-state index contributed by atoms with van der Waals surface area (Å²) < 4.78 is 6.86. The molecule has 0 saturated carbocycles. The predicted octanol–water partition coefficient (Wildman–Crippen LogP) is 3.44. The number of rotatable bonds is 6. The van der Waals surface area contributed by atoms with Crippen molar-refractivity contribution in [3.8, 4) is 5.75 Å². The first-order valence-corrected chi connectivity index (χ1v) is 6.54. The van der Waals surface area contributed by atoms with Gasteiger partial charge in [-0.3, -0.25) is 0 Å². The van der Waals surface area contributed by atoms with Gasteiger partial charge in [0.1, 0.15) is 12.4 Å². The number of hydrogen-bond acceptors (Lipinski definition) is 2. The van der Waals surface area contributed by atoms with Crippen LogP contribution >= 0.6 is 15.9 Å². The fourth-order valence-electron chi connectivity index (χ4n) is 1.53. The van der Waals surface area contributed by atoms with Gasteiger partial charge in [-0.25, -0.2) is 0 Å². The molecule has 0 heterocycles. The van der Waals surface area contributed by atoms with Crippen molar-refractivity contribution >= 4 is 15.9 Å². The number of nitrogens with one attached hydrogen (secondary N) is 1. The highest BCUT2D eigenvalue weighted by Gasteiger charge is 2.02. The Morgan fingerprint density at radius 1 is 1.19 bits per heavy atom. The van der Waals surface area contributed by atoms with Crippen molar-refractivity contribution in [1.82, 2.24) is 5.32 Å². The normalized spacial score (nSPS) is 10.5. The molecule has 0 aliphatic carbocycles. The smallest absolute Gasteiger partial charge is 0.119 e. The fraction of sp³-hybridized carbons (Fsp3) is 0.538. The Bertz CT molecular complexity index is 316. The minimum Gasteiger partial charge on any atom is -0.492 e. The molecule has 0 unspecified atom stereocenters. The van der Waals surface area contributed by atoms with Crippen LogP contribution in [-0.2, 0) is 0 Å². The molecule has 0 aliphatic heterocycles. The highest BCUT2D eigenvalue weighted by Crippen LogP contribution is 2.26. The Morgan fingerprint density at radius 2 is 1.81 bits per heavy atom. The molecule has 2 nitrogen and oxygen atoms in total. The van der Waals surface area contributed by atoms with Crippen LogP contribution in [0.2, 0.25) is 0 Å². The van der Waals surface area contributed by atoms with Crippen LogP contribution < -0.4 is 10.1 Å². The van der Waals surface area contributed by atoms with Crippen molar-refractivity contribution in [3.05, 3.63) is 27.7 Å². The molecule has 90 valence electrons. The number of hydrogen-bond donors (Lipinski definition) is 1. The molecule has 0 spiro atoms. The van der Waals surface area contributed by atoms with Crippen LogP contribution in [0, 0.1) is 13.8 Å². The molecule has 0 radical (unpaired) electrons. The third-order valence-electron chi connectivity index (χ3n) is 2.38. The van der Waals surface area contributed by atoms with Crippen molar-refractivity contribution in [2.45, 2.75) is 27.2 Å². The average Bonchev–Trinajstić information content (AvgIpc) is 2.25. The zero-order valence-electron chi connectivity index (χ0n) is 10.3. The van der Waals surface area contributed by atoms with Crippen LogP contribution in [0.25, 0.3) is 0 Å². The van der Waals surface area contributed by atoms with E-state index in [-0.39, 0.29) is 0 Å². The second-order valence-electron chi connectivity index (χ2n) is 3.97. The van der Waals surface area contributed by atoms with E-state index in [0.29, 0.717) is 0 Å². The van der Waals surface area contributed by atoms with Crippen molar-refractivity contribution in [2.24, 2.45) is 0 Å². The van der Waals surface area contributed by atoms with E-state index in [9.17, 15) is 0 Å². The van der Waals surface area contributed by atoms with Gasteiger partial charge in [0.25, 0.3) is 0 Å². The van der Waals surface area contributed by atoms with Crippen LogP contribution in [0.1, 0.15) is 24.5 Å². The summed E-state index contributed by atoms with van der Waals surface area (Å²) in [6, 6.07) is 4.13. The zero-order valence-corrected chi connectivity index (χ0v) is 11.9. The lowest BCUT2D eigenvalue weighted by Crippen LogP contribution is -2.21. The number of halogens is 1. The van der Waals surface area contributed by atoms with E-state index in [1.165, 1.54) is 15.6 Å². The van der Waals surface area contributed by atoms with Crippen molar-refractivity contribution in [2.75, 3.05) is 19.7 Å². The number of aryl methyl sites for hydroxylation is 2. The molecule has 1 rings (SSSR count). The first kappa shape index (κ1) is 13.5. The van der Waals surface area contributed by atoms with Crippen molar-refractivity contribution in [1.29, 1.82) is 0 Å². The van der Waals surface area contributed by atoms with Crippen molar-refractivity contribution < 1.29 is 4.74 Å². The van der Waals surface area contributed by atoms with Gasteiger partial charge in [-0.15, -0.1) is 0 Å². The van der Waals surface area contributed by atoms with Gasteiger partial charge in [0, 0.05) is 11.0 Å². The predicted molar refractivity (Wildman–Crippen MR) is 72.3 cm³/mol. The molecule has 0 saturated heterocycles. The zero-order chi connectivity index (χ0) is 12.0. The molecule has 0 bridgehead atoms. The summed E-state index contributed by atoms with van der Waals surface area (Å²) in [7, 11) is 0. The topological polar surface area (TPSA) is 21.3 Å². The van der Waals surface area contributed by atoms with Gasteiger partial charge in [-0.1, -0.05) is 22.9 Å². The summed E-state index contributed by atoms with van der Waals surface area (Å²) in [6.45, 7) is 9.01. The van der Waals surface area contributed by atoms with Crippen LogP contribution in [-0.4, -0.2) is 19.7 Å². The maximum Gasteiger partial charge on any atom is 0.119 e. The highest BCUT2D eigenvalue weighted by molar-refractivity contribution is 9.10. The minimum atomic E-state index is 0.723. The van der Waals surface area contributed by atoms with Gasteiger partial charge in [-0.05, 0) is 50.1 Å². The molecule has 1 aromatic carbocycles. The van der Waals surface area contributed by atoms with Crippen LogP contribution in [0.5, 0.6) is 5.75 Å². The summed E-state index contributed by atoms with van der Waals surface area (Å²) in [4.78, 5) is 0. The minimum absolute atomic E-state index is 0.723. The quantitative estimate of drug-likeness (QED) is 0.809. The van der Waals surface area contributed by atoms with E-state index in [1.54, 1.807) is 0 Å². The van der Waals surface area contributed by atoms with Gasteiger partial charge in [-0.2, -0.15) is 0 Å². The fourth-order valence-corrected chi connectivity index (χ4v) is 1.76. The third-order valence-corrected chi connectivity index (χ3v) is 3.64. The van der Waals surface area contributed by atoms with E-state index in [1.807, 2.05) is 0 Å². The summed E-state index contributed by atoms with van der Waals surface area (Å²) in [5.41, 5.74) is 2.44. The lowest BCUT2D eigenvalue weighted by molar-refractivity contribution is 0.314. The highest BCUT2D eigenvalue weighted by atomic mass is 79.9. The van der Waals surface area contributed by atoms with Crippen LogP contribution in [0.3, 0.4) is 0 Å². The van der Waals surface area contributed by atoms with Crippen molar-refractivity contribution in [3.63, 3.8) is 0 Å². The molecule has 1 aromatic rings. The first-order valence-electron chi connectivity index (χ1n) is 5.75. The van der Waals surface area contributed by atoms with Crippen LogP contribution in [0.4, 0.5) is 0 Å². The van der Waals surface area contributed by atoms with E-state index in [4.69, 9.17) is 4.74 Å². The molecule has 0 fully saturated rings. The monoisotopic (exact) mass is 285 g/mol. The molecule has 16 heavy (non-hydrogen) atoms. The Kier molecular flexibility index (Phi) is 5.85. The lowest BCUT2D eigenvalue weighted by atomic mass is 10.1. The molecule has 3 heteroatoms. The Morgan fingerprint density at radius 3 is 2.38 bits per heavy atom. The summed E-state index contributed by atoms with van der Waals surface area (Å²) in [5.74, 6) is 0.955. The van der Waals surface area contributed by atoms with Gasteiger partial charge in [0.2, 0.25) is 0 Å². The van der Waals surface area contributed by atoms with Gasteiger partial charge in [0.05, 0.1) is 0 Å². The van der Waals surface area contributed by atoms with E-state index in [0.717, 1.165) is 31.9 Å². The summed E-state index contributed by atoms with van der Waals surface area (Å²) >= 11 is 3.55. The second-order valence-corrected chi connectivity index (χ2v) is 4.76. The average molecular weight is 286 g/mol. The summed E-state index contributed by atoms with van der Waals surface area (Å²) in [5, 5.41) is 3.31. The third kappa shape index (κ3) is 4.14. The summed E-state index contributed by atoms with van der Waals surface area (Å²) in [6.07, 6.45) is 1.16. The van der Waals surface area contributed by atoms with Gasteiger partial charge < -0.3 is 10.1 Å². The van der Waals surface area contributed by atoms with Gasteiger partial charge >= 0.3 is 0 Å². The largest absolute Gasteiger partial charge is 0.492 e. The molecule has 0 aliphatic rings. The van der Waals surface area contributed by atoms with E-state index >= 15 is 0 Å². The lowest BCUT2D eigenvalue weighted by Gasteiger charge is -2.10. The van der Waals surface area contributed by atoms with Crippen LogP contribution in [0.15, 0.2) is 16.6 Å². The Balaban J connectivity index is 2.43. The first-order chi connectivity index (χ1) is 7.65. The Labute approximate surface area is 107 Å². The Hall–Kier alpha value is -0.540.